The highest BCUT2D eigenvalue weighted by Gasteiger charge is 2.09. The number of allylic oxidation sites excluding steroid dienone is 1. The Morgan fingerprint density at radius 1 is 1.29 bits per heavy atom. The predicted molar refractivity (Wildman–Crippen MR) is 60.3 cm³/mol. The molecule has 0 saturated heterocycles. The molecular formula is C12H12N2. The fourth-order valence-electron chi connectivity index (χ4n) is 1.50. The summed E-state index contributed by atoms with van der Waals surface area (Å²) in [4.78, 5) is 8.57. The Kier molecular flexibility index (Phi) is 2.30. The lowest BCUT2D eigenvalue weighted by molar-refractivity contribution is 0.867. The van der Waals surface area contributed by atoms with Crippen LogP contribution in [-0.2, 0) is 0 Å². The van der Waals surface area contributed by atoms with Crippen LogP contribution in [0.25, 0.3) is 0 Å². The third kappa shape index (κ3) is 1.52. The van der Waals surface area contributed by atoms with Crippen LogP contribution in [0.1, 0.15) is 25.3 Å². The van der Waals surface area contributed by atoms with Gasteiger partial charge in [-0.2, -0.15) is 0 Å². The lowest BCUT2D eigenvalue weighted by Crippen LogP contribution is -1.87. The first kappa shape index (κ1) is 8.92. The molecule has 1 aliphatic rings. The topological polar surface area (TPSA) is 24.7 Å². The molecule has 0 N–H and O–H groups in total. The summed E-state index contributed by atoms with van der Waals surface area (Å²) >= 11 is 0. The second kappa shape index (κ2) is 3.60. The second-order valence-corrected chi connectivity index (χ2v) is 3.56. The Bertz CT molecular complexity index is 436. The maximum absolute atomic E-state index is 4.37. The van der Waals surface area contributed by atoms with E-state index in [1.165, 1.54) is 5.56 Å². The van der Waals surface area contributed by atoms with E-state index in [1.54, 1.807) is 12.3 Å². The summed E-state index contributed by atoms with van der Waals surface area (Å²) in [5.41, 5.74) is 3.12. The van der Waals surface area contributed by atoms with Crippen molar-refractivity contribution in [2.75, 3.05) is 0 Å². The quantitative estimate of drug-likeness (QED) is 0.639. The predicted octanol–water partition coefficient (Wildman–Crippen LogP) is 3.38. The molecule has 0 atom stereocenters. The molecule has 0 amide bonds. The summed E-state index contributed by atoms with van der Waals surface area (Å²) < 4.78 is 0. The van der Waals surface area contributed by atoms with Crippen molar-refractivity contribution >= 4 is 23.5 Å². The van der Waals surface area contributed by atoms with E-state index >= 15 is 0 Å². The third-order valence-electron chi connectivity index (χ3n) is 2.21. The van der Waals surface area contributed by atoms with E-state index in [4.69, 9.17) is 0 Å². The lowest BCUT2D eigenvalue weighted by Gasteiger charge is -2.09. The number of nitrogens with zero attached hydrogens (tertiary/aromatic N) is 2. The second-order valence-electron chi connectivity index (χ2n) is 3.56. The molecule has 0 spiro atoms. The van der Waals surface area contributed by atoms with E-state index < -0.39 is 0 Å². The van der Waals surface area contributed by atoms with Crippen LogP contribution < -0.4 is 0 Å². The van der Waals surface area contributed by atoms with Crippen molar-refractivity contribution < 1.29 is 0 Å². The number of aliphatic imine (C=N–C) groups is 2. The molecule has 0 aliphatic carbocycles. The van der Waals surface area contributed by atoms with Crippen molar-refractivity contribution in [1.29, 1.82) is 0 Å². The number of hydrogen-bond acceptors (Lipinski definition) is 2. The van der Waals surface area contributed by atoms with Gasteiger partial charge in [0.25, 0.3) is 0 Å². The van der Waals surface area contributed by atoms with Gasteiger partial charge >= 0.3 is 0 Å². The van der Waals surface area contributed by atoms with E-state index in [0.29, 0.717) is 5.92 Å². The maximum Gasteiger partial charge on any atom is 0.0989 e. The molecule has 1 aliphatic heterocycles. The van der Waals surface area contributed by atoms with Crippen molar-refractivity contribution in [3.63, 3.8) is 0 Å². The van der Waals surface area contributed by atoms with Crippen molar-refractivity contribution in [1.82, 2.24) is 0 Å². The number of hydrogen-bond donors (Lipinski definition) is 0. The Labute approximate surface area is 83.7 Å². The highest BCUT2D eigenvalue weighted by atomic mass is 14.8. The molecule has 0 aromatic heterocycles. The minimum atomic E-state index is 0.468. The van der Waals surface area contributed by atoms with Crippen LogP contribution in [-0.4, -0.2) is 12.1 Å². The van der Waals surface area contributed by atoms with Crippen molar-refractivity contribution in [2.45, 2.75) is 19.8 Å². The first-order chi connectivity index (χ1) is 6.79. The van der Waals surface area contributed by atoms with Crippen molar-refractivity contribution in [2.24, 2.45) is 9.98 Å². The minimum Gasteiger partial charge on any atom is -0.254 e. The van der Waals surface area contributed by atoms with Crippen molar-refractivity contribution in [3.8, 4) is 0 Å². The van der Waals surface area contributed by atoms with E-state index in [2.05, 4.69) is 35.8 Å². The van der Waals surface area contributed by atoms with Gasteiger partial charge in [-0.05, 0) is 23.4 Å². The van der Waals surface area contributed by atoms with Gasteiger partial charge in [0.15, 0.2) is 0 Å². The minimum absolute atomic E-state index is 0.468. The monoisotopic (exact) mass is 184 g/mol. The highest BCUT2D eigenvalue weighted by Crippen LogP contribution is 2.35. The molecule has 70 valence electrons. The van der Waals surface area contributed by atoms with Crippen LogP contribution in [0.3, 0.4) is 0 Å². The summed E-state index contributed by atoms with van der Waals surface area (Å²) in [5.74, 6) is 3.29. The van der Waals surface area contributed by atoms with Crippen LogP contribution >= 0.6 is 0 Å². The van der Waals surface area contributed by atoms with E-state index in [9.17, 15) is 0 Å². The molecule has 0 fully saturated rings. The lowest BCUT2D eigenvalue weighted by atomic mass is 10.0. The molecule has 1 heterocycles. The standard InChI is InChI=1S/C12H12N2/c1-9(2)10-5-3-6-11-12(10)14-8-4-7-13-11/h3-6,8-9H,1-2H3. The zero-order valence-corrected chi connectivity index (χ0v) is 8.36. The van der Waals surface area contributed by atoms with Gasteiger partial charge in [0.2, 0.25) is 0 Å². The molecule has 2 nitrogen and oxygen atoms in total. The number of benzene rings is 1. The largest absolute Gasteiger partial charge is 0.254 e. The summed E-state index contributed by atoms with van der Waals surface area (Å²) in [5, 5.41) is 0. The summed E-state index contributed by atoms with van der Waals surface area (Å²) in [6, 6.07) is 6.08. The van der Waals surface area contributed by atoms with Crippen molar-refractivity contribution in [3.05, 3.63) is 29.8 Å². The molecule has 1 aromatic carbocycles. The van der Waals surface area contributed by atoms with E-state index in [1.807, 2.05) is 12.1 Å². The molecular weight excluding hydrogens is 172 g/mol. The SMILES string of the molecule is CC(C)c1cccc2c1N=CC=C=N2. The molecule has 2 heteroatoms. The van der Waals surface area contributed by atoms with Gasteiger partial charge in [-0.25, -0.2) is 4.99 Å². The molecule has 2 rings (SSSR count). The molecule has 14 heavy (non-hydrogen) atoms. The van der Waals surface area contributed by atoms with Gasteiger partial charge in [0.05, 0.1) is 11.4 Å². The van der Waals surface area contributed by atoms with Gasteiger partial charge in [-0.15, -0.1) is 0 Å². The van der Waals surface area contributed by atoms with Crippen LogP contribution in [0.15, 0.2) is 34.3 Å². The van der Waals surface area contributed by atoms with Gasteiger partial charge in [0, 0.05) is 12.3 Å². The first-order valence-electron chi connectivity index (χ1n) is 4.74. The number of rotatable bonds is 1. The fraction of sp³-hybridized carbons (Fsp3) is 0.250. The summed E-state index contributed by atoms with van der Waals surface area (Å²) in [7, 11) is 0. The smallest absolute Gasteiger partial charge is 0.0989 e. The Morgan fingerprint density at radius 2 is 2.14 bits per heavy atom. The Balaban J connectivity index is 2.64. The van der Waals surface area contributed by atoms with E-state index in [0.717, 1.165) is 11.4 Å². The Morgan fingerprint density at radius 3 is 2.93 bits per heavy atom. The molecule has 0 radical (unpaired) electrons. The molecule has 0 unspecified atom stereocenters. The van der Waals surface area contributed by atoms with Gasteiger partial charge < -0.3 is 0 Å². The first-order valence-corrected chi connectivity index (χ1v) is 4.74. The maximum atomic E-state index is 4.37. The van der Waals surface area contributed by atoms with Gasteiger partial charge in [-0.1, -0.05) is 26.0 Å². The van der Waals surface area contributed by atoms with Crippen LogP contribution in [0, 0.1) is 0 Å². The van der Waals surface area contributed by atoms with Crippen LogP contribution in [0.5, 0.6) is 0 Å². The normalized spacial score (nSPS) is 13.1. The Hall–Kier alpha value is -1.66. The average Bonchev–Trinajstić information content (AvgIpc) is 2.41. The summed E-state index contributed by atoms with van der Waals surface area (Å²) in [6.45, 7) is 4.32. The highest BCUT2D eigenvalue weighted by molar-refractivity contribution is 5.90. The molecule has 0 bridgehead atoms. The fourth-order valence-corrected chi connectivity index (χ4v) is 1.50. The molecule has 0 saturated carbocycles. The molecule has 1 aromatic rings. The van der Waals surface area contributed by atoms with Gasteiger partial charge in [-0.3, -0.25) is 4.99 Å². The van der Waals surface area contributed by atoms with Gasteiger partial charge in [0.1, 0.15) is 0 Å². The van der Waals surface area contributed by atoms with Crippen LogP contribution in [0.2, 0.25) is 0 Å². The number of para-hydroxylation sites is 1. The third-order valence-corrected chi connectivity index (χ3v) is 2.21. The average molecular weight is 184 g/mol. The van der Waals surface area contributed by atoms with E-state index in [-0.39, 0.29) is 0 Å². The zero-order valence-electron chi connectivity index (χ0n) is 8.36. The zero-order chi connectivity index (χ0) is 9.97. The summed E-state index contributed by atoms with van der Waals surface area (Å²) in [6.07, 6.45) is 3.46. The number of fused-ring (bicyclic) bond motifs is 1. The van der Waals surface area contributed by atoms with Crippen LogP contribution in [0.4, 0.5) is 11.4 Å².